The average molecular weight is 265 g/mol. The molecular weight excluding hydrogens is 245 g/mol. The lowest BCUT2D eigenvalue weighted by atomic mass is 10.3. The molecule has 0 aliphatic carbocycles. The molecule has 19 heavy (non-hydrogen) atoms. The normalized spacial score (nSPS) is 15.6. The first kappa shape index (κ1) is 14.0. The van der Waals surface area contributed by atoms with Gasteiger partial charge in [-0.25, -0.2) is 4.39 Å². The molecule has 5 heteroatoms. The smallest absolute Gasteiger partial charge is 0.238 e. The maximum Gasteiger partial charge on any atom is 0.238 e. The number of rotatable bonds is 6. The third kappa shape index (κ3) is 4.61. The third-order valence-electron chi connectivity index (χ3n) is 3.24. The molecule has 1 aromatic carbocycles. The molecule has 0 aromatic heterocycles. The number of amides is 1. The van der Waals surface area contributed by atoms with Gasteiger partial charge in [-0.3, -0.25) is 4.79 Å². The minimum atomic E-state index is -0.409. The number of halogens is 1. The Morgan fingerprint density at radius 3 is 2.74 bits per heavy atom. The lowest BCUT2D eigenvalue weighted by Crippen LogP contribution is -2.34. The van der Waals surface area contributed by atoms with Crippen LogP contribution in [0, 0.1) is 5.82 Å². The monoisotopic (exact) mass is 265 g/mol. The van der Waals surface area contributed by atoms with Crippen LogP contribution >= 0.6 is 0 Å². The van der Waals surface area contributed by atoms with Gasteiger partial charge in [-0.15, -0.1) is 0 Å². The molecular formula is C14H20FN3O. The van der Waals surface area contributed by atoms with Crippen molar-refractivity contribution in [3.05, 3.63) is 30.1 Å². The molecule has 104 valence electrons. The number of hydrogen-bond donors (Lipinski definition) is 2. The number of carbonyl (C=O) groups excluding carboxylic acids is 1. The lowest BCUT2D eigenvalue weighted by molar-refractivity contribution is -0.115. The molecule has 0 saturated carbocycles. The first-order chi connectivity index (χ1) is 9.25. The summed E-state index contributed by atoms with van der Waals surface area (Å²) in [5.74, 6) is -0.626. The van der Waals surface area contributed by atoms with E-state index in [4.69, 9.17) is 0 Å². The van der Waals surface area contributed by atoms with Gasteiger partial charge in [-0.05, 0) is 38.1 Å². The fourth-order valence-electron chi connectivity index (χ4n) is 2.20. The molecule has 0 bridgehead atoms. The number of hydrogen-bond acceptors (Lipinski definition) is 3. The largest absolute Gasteiger partial charge is 0.322 e. The van der Waals surface area contributed by atoms with Crippen LogP contribution in [0.1, 0.15) is 12.8 Å². The van der Waals surface area contributed by atoms with Gasteiger partial charge in [0.05, 0.1) is 12.2 Å². The number of nitrogens with one attached hydrogen (secondary N) is 2. The van der Waals surface area contributed by atoms with Gasteiger partial charge in [-0.2, -0.15) is 0 Å². The van der Waals surface area contributed by atoms with Crippen molar-refractivity contribution in [3.63, 3.8) is 0 Å². The second kappa shape index (κ2) is 7.21. The molecule has 1 amide bonds. The molecule has 2 rings (SSSR count). The maximum absolute atomic E-state index is 13.3. The van der Waals surface area contributed by atoms with Crippen molar-refractivity contribution in [3.8, 4) is 0 Å². The van der Waals surface area contributed by atoms with Gasteiger partial charge in [-0.1, -0.05) is 12.1 Å². The number of likely N-dealkylation sites (tertiary alicyclic amines) is 1. The Hall–Kier alpha value is -1.46. The molecule has 2 N–H and O–H groups in total. The molecule has 1 aliphatic heterocycles. The fourth-order valence-corrected chi connectivity index (χ4v) is 2.20. The fraction of sp³-hybridized carbons (Fsp3) is 0.500. The highest BCUT2D eigenvalue weighted by molar-refractivity contribution is 5.92. The highest BCUT2D eigenvalue weighted by atomic mass is 19.1. The van der Waals surface area contributed by atoms with E-state index >= 15 is 0 Å². The molecule has 1 fully saturated rings. The Bertz CT molecular complexity index is 419. The first-order valence-electron chi connectivity index (χ1n) is 6.73. The zero-order valence-electron chi connectivity index (χ0n) is 11.0. The predicted molar refractivity (Wildman–Crippen MR) is 73.6 cm³/mol. The quantitative estimate of drug-likeness (QED) is 0.765. The van der Waals surface area contributed by atoms with Crippen molar-refractivity contribution in [1.82, 2.24) is 10.2 Å². The Labute approximate surface area is 113 Å². The van der Waals surface area contributed by atoms with Crippen molar-refractivity contribution in [2.45, 2.75) is 12.8 Å². The number of anilines is 1. The van der Waals surface area contributed by atoms with E-state index in [-0.39, 0.29) is 18.1 Å². The van der Waals surface area contributed by atoms with E-state index in [1.165, 1.54) is 18.9 Å². The molecule has 4 nitrogen and oxygen atoms in total. The van der Waals surface area contributed by atoms with Crippen LogP contribution in [0.3, 0.4) is 0 Å². The van der Waals surface area contributed by atoms with Gasteiger partial charge in [0.15, 0.2) is 0 Å². The second-order valence-electron chi connectivity index (χ2n) is 4.75. The Kier molecular flexibility index (Phi) is 5.30. The molecule has 0 radical (unpaired) electrons. The maximum atomic E-state index is 13.3. The highest BCUT2D eigenvalue weighted by Gasteiger charge is 2.10. The Morgan fingerprint density at radius 1 is 1.26 bits per heavy atom. The molecule has 1 aromatic rings. The highest BCUT2D eigenvalue weighted by Crippen LogP contribution is 2.11. The van der Waals surface area contributed by atoms with Crippen LogP contribution in [0.4, 0.5) is 10.1 Å². The van der Waals surface area contributed by atoms with Crippen LogP contribution in [0.2, 0.25) is 0 Å². The second-order valence-corrected chi connectivity index (χ2v) is 4.75. The summed E-state index contributed by atoms with van der Waals surface area (Å²) in [6.07, 6.45) is 2.54. The average Bonchev–Trinajstić information content (AvgIpc) is 2.91. The molecule has 1 heterocycles. The summed E-state index contributed by atoms with van der Waals surface area (Å²) in [5, 5.41) is 5.62. The molecule has 0 unspecified atom stereocenters. The van der Waals surface area contributed by atoms with E-state index in [9.17, 15) is 9.18 Å². The SMILES string of the molecule is O=C(CNCCN1CCCC1)Nc1ccccc1F. The number of nitrogens with zero attached hydrogens (tertiary/aromatic N) is 1. The van der Waals surface area contributed by atoms with Gasteiger partial charge in [0.2, 0.25) is 5.91 Å². The van der Waals surface area contributed by atoms with Crippen LogP contribution in [-0.4, -0.2) is 43.5 Å². The van der Waals surface area contributed by atoms with Gasteiger partial charge in [0.1, 0.15) is 5.82 Å². The zero-order valence-corrected chi connectivity index (χ0v) is 11.0. The van der Waals surface area contributed by atoms with Crippen LogP contribution < -0.4 is 10.6 Å². The number of benzene rings is 1. The van der Waals surface area contributed by atoms with Crippen molar-refractivity contribution in [1.29, 1.82) is 0 Å². The van der Waals surface area contributed by atoms with E-state index in [2.05, 4.69) is 15.5 Å². The summed E-state index contributed by atoms with van der Waals surface area (Å²) in [5.41, 5.74) is 0.230. The van der Waals surface area contributed by atoms with Crippen molar-refractivity contribution >= 4 is 11.6 Å². The van der Waals surface area contributed by atoms with Crippen LogP contribution in [0.25, 0.3) is 0 Å². The van der Waals surface area contributed by atoms with E-state index < -0.39 is 5.82 Å². The van der Waals surface area contributed by atoms with Crippen molar-refractivity contribution in [2.75, 3.05) is 38.0 Å². The van der Waals surface area contributed by atoms with Crippen molar-refractivity contribution in [2.24, 2.45) is 0 Å². The van der Waals surface area contributed by atoms with E-state index in [0.29, 0.717) is 0 Å². The molecule has 1 saturated heterocycles. The lowest BCUT2D eigenvalue weighted by Gasteiger charge is -2.14. The first-order valence-corrected chi connectivity index (χ1v) is 6.73. The van der Waals surface area contributed by atoms with Crippen LogP contribution in [-0.2, 0) is 4.79 Å². The minimum Gasteiger partial charge on any atom is -0.322 e. The van der Waals surface area contributed by atoms with Crippen LogP contribution in [0.15, 0.2) is 24.3 Å². The predicted octanol–water partition coefficient (Wildman–Crippen LogP) is 1.45. The standard InChI is InChI=1S/C14H20FN3O/c15-12-5-1-2-6-13(12)17-14(19)11-16-7-10-18-8-3-4-9-18/h1-2,5-6,16H,3-4,7-11H2,(H,17,19). The van der Waals surface area contributed by atoms with E-state index in [1.54, 1.807) is 18.2 Å². The van der Waals surface area contributed by atoms with Gasteiger partial charge in [0.25, 0.3) is 0 Å². The third-order valence-corrected chi connectivity index (χ3v) is 3.24. The minimum absolute atomic E-state index is 0.210. The number of carbonyl (C=O) groups is 1. The summed E-state index contributed by atoms with van der Waals surface area (Å²) in [4.78, 5) is 14.0. The molecule has 0 spiro atoms. The van der Waals surface area contributed by atoms with E-state index in [1.807, 2.05) is 0 Å². The van der Waals surface area contributed by atoms with Crippen LogP contribution in [0.5, 0.6) is 0 Å². The molecule has 1 aliphatic rings. The summed E-state index contributed by atoms with van der Waals surface area (Å²) < 4.78 is 13.3. The van der Waals surface area contributed by atoms with Gasteiger partial charge < -0.3 is 15.5 Å². The summed E-state index contributed by atoms with van der Waals surface area (Å²) in [6, 6.07) is 6.17. The summed E-state index contributed by atoms with van der Waals surface area (Å²) >= 11 is 0. The number of para-hydroxylation sites is 1. The van der Waals surface area contributed by atoms with E-state index in [0.717, 1.165) is 26.2 Å². The Balaban J connectivity index is 1.63. The van der Waals surface area contributed by atoms with Gasteiger partial charge in [0, 0.05) is 13.1 Å². The summed E-state index contributed by atoms with van der Waals surface area (Å²) in [6.45, 7) is 4.27. The van der Waals surface area contributed by atoms with Crippen molar-refractivity contribution < 1.29 is 9.18 Å². The zero-order chi connectivity index (χ0) is 13.5. The Morgan fingerprint density at radius 2 is 2.00 bits per heavy atom. The summed E-state index contributed by atoms with van der Waals surface area (Å²) in [7, 11) is 0. The van der Waals surface area contributed by atoms with Gasteiger partial charge >= 0.3 is 0 Å². The topological polar surface area (TPSA) is 44.4 Å². The molecule has 0 atom stereocenters.